The van der Waals surface area contributed by atoms with Crippen LogP contribution in [0.5, 0.6) is 0 Å². The van der Waals surface area contributed by atoms with Crippen LogP contribution in [0.2, 0.25) is 5.15 Å². The molecule has 2 aromatic carbocycles. The Kier molecular flexibility index (Phi) is 10.4. The van der Waals surface area contributed by atoms with Crippen LogP contribution in [-0.4, -0.2) is 71.4 Å². The van der Waals surface area contributed by atoms with Crippen LogP contribution in [-0.2, 0) is 20.9 Å². The Morgan fingerprint density at radius 1 is 1.13 bits per heavy atom. The standard InChI is InChI=1S/C31H34ClN7O7/c1-3-6-20(13-14-24(40)21-15-25(45-2)26(16-21)46-39(43)44)30-33-28(32)27(31(41)42)38(30)17-18-9-11-19(12-10-18)22-7-4-5-8-23(22)29-34-36-37-35-29/h4-5,7-12,20-21,25-26H,3,6,13-17H2,1-2H3,(H,41,42)(H,34,35,36,37)/t20-,21+,25-,26-/m0/s1. The molecular formula is C31H34ClN7O7. The van der Waals surface area contributed by atoms with Gasteiger partial charge in [0.25, 0.3) is 5.09 Å². The molecule has 2 heterocycles. The average molecular weight is 652 g/mol. The minimum absolute atomic E-state index is 0.0445. The number of halogens is 1. The first-order chi connectivity index (χ1) is 22.2. The van der Waals surface area contributed by atoms with Gasteiger partial charge in [0.2, 0.25) is 5.82 Å². The van der Waals surface area contributed by atoms with E-state index in [0.29, 0.717) is 30.9 Å². The number of Topliss-reactive ketones (excluding diaryl/α,β-unsaturated/α-hetero) is 1. The van der Waals surface area contributed by atoms with Gasteiger partial charge in [0.1, 0.15) is 17.7 Å². The number of aromatic carboxylic acids is 1. The van der Waals surface area contributed by atoms with Crippen LogP contribution in [0.3, 0.4) is 0 Å². The molecule has 242 valence electrons. The molecule has 1 aliphatic carbocycles. The van der Waals surface area contributed by atoms with Gasteiger partial charge in [-0.3, -0.25) is 4.79 Å². The highest BCUT2D eigenvalue weighted by Gasteiger charge is 2.40. The van der Waals surface area contributed by atoms with Crippen molar-refractivity contribution in [3.8, 4) is 22.5 Å². The van der Waals surface area contributed by atoms with E-state index in [2.05, 4.69) is 25.6 Å². The molecule has 15 heteroatoms. The lowest BCUT2D eigenvalue weighted by Gasteiger charge is -2.19. The van der Waals surface area contributed by atoms with Gasteiger partial charge in [-0.05, 0) is 47.6 Å². The van der Waals surface area contributed by atoms with E-state index in [0.717, 1.165) is 28.7 Å². The maximum absolute atomic E-state index is 13.2. The third-order valence-electron chi connectivity index (χ3n) is 8.45. The number of carbonyl (C=O) groups is 2. The smallest absolute Gasteiger partial charge is 0.355 e. The minimum atomic E-state index is -1.20. The summed E-state index contributed by atoms with van der Waals surface area (Å²) in [5, 5.41) is 34.3. The van der Waals surface area contributed by atoms with Gasteiger partial charge in [0.15, 0.2) is 10.8 Å². The van der Waals surface area contributed by atoms with Crippen LogP contribution in [0.25, 0.3) is 22.5 Å². The third-order valence-corrected chi connectivity index (χ3v) is 8.71. The van der Waals surface area contributed by atoms with Gasteiger partial charge < -0.3 is 19.2 Å². The van der Waals surface area contributed by atoms with Crippen molar-refractivity contribution >= 4 is 23.4 Å². The Bertz CT molecular complexity index is 1680. The summed E-state index contributed by atoms with van der Waals surface area (Å²) in [4.78, 5) is 45.7. The highest BCUT2D eigenvalue weighted by Crippen LogP contribution is 2.36. The molecule has 4 aromatic rings. The average Bonchev–Trinajstić information content (AvgIpc) is 3.79. The molecule has 1 saturated carbocycles. The fraction of sp³-hybridized carbons (Fsp3) is 0.419. The van der Waals surface area contributed by atoms with E-state index in [1.807, 2.05) is 55.5 Å². The summed E-state index contributed by atoms with van der Waals surface area (Å²) in [6, 6.07) is 15.4. The number of carboxylic acids is 1. The molecule has 0 radical (unpaired) electrons. The van der Waals surface area contributed by atoms with Gasteiger partial charge in [-0.25, -0.2) is 9.78 Å². The minimum Gasteiger partial charge on any atom is -0.476 e. The third kappa shape index (κ3) is 7.23. The van der Waals surface area contributed by atoms with E-state index in [9.17, 15) is 24.8 Å². The number of hydrogen-bond acceptors (Lipinski definition) is 10. The Morgan fingerprint density at radius 3 is 2.48 bits per heavy atom. The zero-order valence-electron chi connectivity index (χ0n) is 25.3. The summed E-state index contributed by atoms with van der Waals surface area (Å²) < 4.78 is 6.95. The predicted molar refractivity (Wildman–Crippen MR) is 166 cm³/mol. The van der Waals surface area contributed by atoms with Crippen LogP contribution < -0.4 is 0 Å². The van der Waals surface area contributed by atoms with Gasteiger partial charge in [0.05, 0.1) is 6.10 Å². The van der Waals surface area contributed by atoms with E-state index < -0.39 is 29.2 Å². The number of aromatic amines is 1. The van der Waals surface area contributed by atoms with Gasteiger partial charge >= 0.3 is 5.97 Å². The number of tetrazole rings is 1. The molecule has 1 fully saturated rings. The van der Waals surface area contributed by atoms with Crippen LogP contribution >= 0.6 is 11.6 Å². The molecule has 2 aromatic heterocycles. The molecule has 14 nitrogen and oxygen atoms in total. The van der Waals surface area contributed by atoms with E-state index in [1.165, 1.54) is 7.11 Å². The van der Waals surface area contributed by atoms with Crippen LogP contribution in [0.15, 0.2) is 48.5 Å². The summed E-state index contributed by atoms with van der Waals surface area (Å²) in [6.45, 7) is 2.21. The quantitative estimate of drug-likeness (QED) is 0.124. The van der Waals surface area contributed by atoms with Crippen molar-refractivity contribution in [2.45, 2.75) is 70.1 Å². The summed E-state index contributed by atoms with van der Waals surface area (Å²) in [5.74, 6) is -0.949. The molecule has 0 bridgehead atoms. The second-order valence-corrected chi connectivity index (χ2v) is 11.6. The van der Waals surface area contributed by atoms with Crippen molar-refractivity contribution in [3.05, 3.63) is 80.9 Å². The van der Waals surface area contributed by atoms with E-state index in [1.54, 1.807) is 4.57 Å². The molecule has 4 atom stereocenters. The fourth-order valence-corrected chi connectivity index (χ4v) is 6.53. The second-order valence-electron chi connectivity index (χ2n) is 11.3. The van der Waals surface area contributed by atoms with E-state index in [4.69, 9.17) is 21.2 Å². The zero-order valence-corrected chi connectivity index (χ0v) is 26.1. The fourth-order valence-electron chi connectivity index (χ4n) is 6.26. The van der Waals surface area contributed by atoms with E-state index in [-0.39, 0.29) is 41.9 Å². The second kappa shape index (κ2) is 14.6. The molecule has 0 saturated heterocycles. The number of benzene rings is 2. The Labute approximate surface area is 269 Å². The predicted octanol–water partition coefficient (Wildman–Crippen LogP) is 5.37. The van der Waals surface area contributed by atoms with Crippen LogP contribution in [0.4, 0.5) is 0 Å². The van der Waals surface area contributed by atoms with Gasteiger partial charge in [-0.1, -0.05) is 73.5 Å². The molecule has 0 unspecified atom stereocenters. The molecular weight excluding hydrogens is 618 g/mol. The van der Waals surface area contributed by atoms with Gasteiger partial charge in [-0.15, -0.1) is 20.3 Å². The lowest BCUT2D eigenvalue weighted by molar-refractivity contribution is -0.770. The van der Waals surface area contributed by atoms with Crippen molar-refractivity contribution < 1.29 is 29.4 Å². The lowest BCUT2D eigenvalue weighted by Crippen LogP contribution is -2.27. The number of imidazole rings is 1. The first kappa shape index (κ1) is 32.7. The normalized spacial score (nSPS) is 18.4. The number of methoxy groups -OCH3 is 1. The SMILES string of the molecule is CCC[C@@H](CCC(=O)[C@@H]1C[C@H](OC)[C@@H](O[N+](=O)[O-])C1)c1nc(Cl)c(C(=O)O)n1Cc1ccc(-c2ccccc2-c2nn[nH]n2)cc1. The summed E-state index contributed by atoms with van der Waals surface area (Å²) in [5.41, 5.74) is 3.36. The van der Waals surface area contributed by atoms with Crippen molar-refractivity contribution in [3.63, 3.8) is 0 Å². The highest BCUT2D eigenvalue weighted by atomic mass is 35.5. The number of carboxylic acid groups (broad SMARTS) is 1. The van der Waals surface area contributed by atoms with Crippen molar-refractivity contribution in [2.24, 2.45) is 5.92 Å². The Hall–Kier alpha value is -4.69. The largest absolute Gasteiger partial charge is 0.476 e. The maximum Gasteiger partial charge on any atom is 0.355 e. The number of nitrogens with zero attached hydrogens (tertiary/aromatic N) is 6. The number of aromatic nitrogens is 6. The first-order valence-electron chi connectivity index (χ1n) is 15.0. The number of nitrogens with one attached hydrogen (secondary N) is 1. The molecule has 0 amide bonds. The van der Waals surface area contributed by atoms with E-state index >= 15 is 0 Å². The highest BCUT2D eigenvalue weighted by molar-refractivity contribution is 6.32. The Balaban J connectivity index is 1.36. The van der Waals surface area contributed by atoms with Crippen LogP contribution in [0.1, 0.15) is 73.2 Å². The van der Waals surface area contributed by atoms with Crippen molar-refractivity contribution in [2.75, 3.05) is 7.11 Å². The monoisotopic (exact) mass is 651 g/mol. The number of carbonyl (C=O) groups excluding carboxylic acids is 1. The zero-order chi connectivity index (χ0) is 32.8. The van der Waals surface area contributed by atoms with Crippen molar-refractivity contribution in [1.29, 1.82) is 0 Å². The summed E-state index contributed by atoms with van der Waals surface area (Å²) in [6.07, 6.45) is 1.24. The Morgan fingerprint density at radius 2 is 1.85 bits per heavy atom. The van der Waals surface area contributed by atoms with Gasteiger partial charge in [0, 0.05) is 37.5 Å². The molecule has 1 aliphatic rings. The summed E-state index contributed by atoms with van der Waals surface area (Å²) in [7, 11) is 1.44. The first-order valence-corrected chi connectivity index (χ1v) is 15.4. The molecule has 5 rings (SSSR count). The molecule has 2 N–H and O–H groups in total. The molecule has 46 heavy (non-hydrogen) atoms. The number of hydrogen-bond donors (Lipinski definition) is 2. The number of ketones is 1. The molecule has 0 spiro atoms. The number of ether oxygens (including phenoxy) is 1. The lowest BCUT2D eigenvalue weighted by atomic mass is 9.91. The van der Waals surface area contributed by atoms with Gasteiger partial charge in [-0.2, -0.15) is 5.21 Å². The number of H-pyrrole nitrogens is 1. The maximum atomic E-state index is 13.2. The number of rotatable bonds is 15. The van der Waals surface area contributed by atoms with Crippen molar-refractivity contribution in [1.82, 2.24) is 30.2 Å². The van der Waals surface area contributed by atoms with Crippen LogP contribution in [0, 0.1) is 16.0 Å². The summed E-state index contributed by atoms with van der Waals surface area (Å²) >= 11 is 6.40. The topological polar surface area (TPSA) is 188 Å². The molecule has 0 aliphatic heterocycles.